The topological polar surface area (TPSA) is 44.9 Å². The van der Waals surface area contributed by atoms with Gasteiger partial charge in [0.25, 0.3) is 0 Å². The van der Waals surface area contributed by atoms with E-state index in [1.165, 1.54) is 49.5 Å². The molecule has 0 fully saturated rings. The van der Waals surface area contributed by atoms with Crippen molar-refractivity contribution in [3.05, 3.63) is 204 Å². The minimum absolute atomic E-state index is 0.0111. The zero-order valence-electron chi connectivity index (χ0n) is 45.9. The number of hydrogen-bond donors (Lipinski definition) is 0. The summed E-state index contributed by atoms with van der Waals surface area (Å²) in [6, 6.07) is 62.4. The van der Waals surface area contributed by atoms with Gasteiger partial charge in [0.15, 0.2) is 0 Å². The van der Waals surface area contributed by atoms with Gasteiger partial charge in [0.1, 0.15) is 23.1 Å². The first-order valence-electron chi connectivity index (χ1n) is 26.7. The van der Waals surface area contributed by atoms with Gasteiger partial charge in [0.05, 0.1) is 27.8 Å². The fourth-order valence-corrected chi connectivity index (χ4v) is 11.6. The first kappa shape index (κ1) is 48.2. The van der Waals surface area contributed by atoms with Gasteiger partial charge >= 0.3 is 0 Å². The zero-order valence-corrected chi connectivity index (χ0v) is 45.9. The van der Waals surface area contributed by atoms with Gasteiger partial charge in [-0.15, -0.1) is 0 Å². The van der Waals surface area contributed by atoms with Crippen LogP contribution < -0.4 is 4.74 Å². The third kappa shape index (κ3) is 7.97. The third-order valence-electron chi connectivity index (χ3n) is 16.8. The van der Waals surface area contributed by atoms with E-state index in [1.54, 1.807) is 0 Å². The number of fused-ring (bicyclic) bond motifs is 4. The first-order chi connectivity index (χ1) is 35.6. The molecule has 11 aromatic rings. The van der Waals surface area contributed by atoms with Gasteiger partial charge in [-0.1, -0.05) is 163 Å². The van der Waals surface area contributed by atoms with Gasteiger partial charge < -0.3 is 4.74 Å². The summed E-state index contributed by atoms with van der Waals surface area (Å²) in [6.45, 7) is 30.0. The number of benzene rings is 8. The molecule has 75 heavy (non-hydrogen) atoms. The van der Waals surface area contributed by atoms with Crippen molar-refractivity contribution in [3.8, 4) is 56.6 Å². The van der Waals surface area contributed by atoms with Crippen molar-refractivity contribution in [1.29, 1.82) is 0 Å². The van der Waals surface area contributed by atoms with Crippen LogP contribution in [0.3, 0.4) is 0 Å². The molecule has 5 heteroatoms. The summed E-state index contributed by atoms with van der Waals surface area (Å²) in [4.78, 5) is 10.5. The second-order valence-corrected chi connectivity index (χ2v) is 25.3. The van der Waals surface area contributed by atoms with Gasteiger partial charge in [-0.05, 0) is 173 Å². The molecule has 1 aliphatic carbocycles. The van der Waals surface area contributed by atoms with Crippen LogP contribution in [-0.2, 0) is 27.1 Å². The Bertz CT molecular complexity index is 4090. The number of aromatic nitrogens is 4. The lowest BCUT2D eigenvalue weighted by Gasteiger charge is -2.37. The van der Waals surface area contributed by atoms with Gasteiger partial charge in [0.2, 0.25) is 0 Å². The third-order valence-corrected chi connectivity index (χ3v) is 16.8. The second-order valence-electron chi connectivity index (χ2n) is 25.3. The Kier molecular flexibility index (Phi) is 10.8. The van der Waals surface area contributed by atoms with E-state index >= 15 is 0 Å². The van der Waals surface area contributed by atoms with Crippen LogP contribution in [-0.4, -0.2) is 19.1 Å². The standard InChI is InChI=1S/C70H68N4O/c1-66(2,3)48-27-31-59(54(40-48)43-20-15-14-16-21-43)74-61-25-18-17-24-58(61)72-65(74)47-35-50(68(7,8)9)39-52(36-47)75-51-28-29-53-55-37-44(46-34-45-22-19-23-56-64(45)57(38-46)70(12,13)69(56,10)11)26-30-60(55)73(62(53)42-51)63-41-49(32-33-71-63)67(4,5)6/h14-42H,1-13H3. The van der Waals surface area contributed by atoms with Crippen molar-refractivity contribution in [2.75, 3.05) is 0 Å². The molecule has 3 aromatic heterocycles. The summed E-state index contributed by atoms with van der Waals surface area (Å²) >= 11 is 0. The van der Waals surface area contributed by atoms with Crippen LogP contribution in [0.15, 0.2) is 176 Å². The number of para-hydroxylation sites is 2. The molecule has 0 N–H and O–H groups in total. The number of nitrogens with zero attached hydrogens (tertiary/aromatic N) is 4. The summed E-state index contributed by atoms with van der Waals surface area (Å²) in [5.41, 5.74) is 17.1. The predicted octanol–water partition coefficient (Wildman–Crippen LogP) is 18.9. The van der Waals surface area contributed by atoms with Crippen molar-refractivity contribution in [1.82, 2.24) is 19.1 Å². The van der Waals surface area contributed by atoms with Gasteiger partial charge in [0, 0.05) is 34.2 Å². The highest BCUT2D eigenvalue weighted by Crippen LogP contribution is 2.55. The number of pyridine rings is 1. The quantitative estimate of drug-likeness (QED) is 0.160. The highest BCUT2D eigenvalue weighted by atomic mass is 16.5. The highest BCUT2D eigenvalue weighted by Gasteiger charge is 2.47. The maximum atomic E-state index is 7.15. The van der Waals surface area contributed by atoms with E-state index in [9.17, 15) is 0 Å². The van der Waals surface area contributed by atoms with Crippen LogP contribution in [0.5, 0.6) is 11.5 Å². The Balaban J connectivity index is 1.02. The lowest BCUT2D eigenvalue weighted by atomic mass is 9.66. The van der Waals surface area contributed by atoms with Crippen LogP contribution in [0.1, 0.15) is 118 Å². The lowest BCUT2D eigenvalue weighted by molar-refractivity contribution is 0.322. The van der Waals surface area contributed by atoms with Gasteiger partial charge in [-0.2, -0.15) is 0 Å². The number of hydrogen-bond acceptors (Lipinski definition) is 3. The Morgan fingerprint density at radius 3 is 1.92 bits per heavy atom. The summed E-state index contributed by atoms with van der Waals surface area (Å²) in [5.74, 6) is 3.23. The largest absolute Gasteiger partial charge is 0.457 e. The molecule has 0 aliphatic heterocycles. The molecule has 5 nitrogen and oxygen atoms in total. The van der Waals surface area contributed by atoms with Crippen molar-refractivity contribution in [3.63, 3.8) is 0 Å². The van der Waals surface area contributed by atoms with Gasteiger partial charge in [-0.25, -0.2) is 9.97 Å². The SMILES string of the molecule is CC(C)(C)c1cc(Oc2ccc3c4cc(-c5cc6c7c(cccc7c5)C(C)(C)C6(C)C)ccc4n(-c4cc(C(C)(C)C)ccn4)c3c2)cc(-c2nc3ccccc3n2-c2ccc(C(C)(C)C)cc2-c2ccccc2)c1. The van der Waals surface area contributed by atoms with Crippen LogP contribution in [0, 0.1) is 0 Å². The zero-order chi connectivity index (χ0) is 52.6. The minimum Gasteiger partial charge on any atom is -0.457 e. The van der Waals surface area contributed by atoms with E-state index in [0.717, 1.165) is 78.5 Å². The molecule has 0 radical (unpaired) electrons. The molecular weight excluding hydrogens is 913 g/mol. The van der Waals surface area contributed by atoms with E-state index < -0.39 is 0 Å². The summed E-state index contributed by atoms with van der Waals surface area (Å²) in [7, 11) is 0. The monoisotopic (exact) mass is 981 g/mol. The molecular formula is C70H68N4O. The molecule has 0 amide bonds. The van der Waals surface area contributed by atoms with E-state index in [1.807, 2.05) is 6.20 Å². The molecule has 0 spiro atoms. The predicted molar refractivity (Wildman–Crippen MR) is 316 cm³/mol. The summed E-state index contributed by atoms with van der Waals surface area (Å²) in [5, 5.41) is 5.02. The average Bonchev–Trinajstić information content (AvgIpc) is 4.08. The van der Waals surface area contributed by atoms with E-state index in [0.29, 0.717) is 0 Å². The van der Waals surface area contributed by atoms with E-state index in [2.05, 4.69) is 269 Å². The molecule has 0 saturated heterocycles. The van der Waals surface area contributed by atoms with E-state index in [4.69, 9.17) is 14.7 Å². The van der Waals surface area contributed by atoms with Crippen LogP contribution >= 0.6 is 0 Å². The number of ether oxygens (including phenoxy) is 1. The van der Waals surface area contributed by atoms with Crippen LogP contribution in [0.4, 0.5) is 0 Å². The van der Waals surface area contributed by atoms with Gasteiger partial charge in [-0.3, -0.25) is 9.13 Å². The van der Waals surface area contributed by atoms with Crippen molar-refractivity contribution >= 4 is 43.6 Å². The first-order valence-corrected chi connectivity index (χ1v) is 26.7. The van der Waals surface area contributed by atoms with Crippen molar-refractivity contribution in [2.45, 2.75) is 117 Å². The molecule has 0 unspecified atom stereocenters. The molecule has 12 rings (SSSR count). The molecule has 0 atom stereocenters. The Hall–Kier alpha value is -7.76. The fourth-order valence-electron chi connectivity index (χ4n) is 11.6. The molecule has 8 aromatic carbocycles. The Labute approximate surface area is 442 Å². The molecule has 0 saturated carbocycles. The molecule has 0 bridgehead atoms. The average molecular weight is 981 g/mol. The van der Waals surface area contributed by atoms with Crippen molar-refractivity contribution in [2.24, 2.45) is 0 Å². The van der Waals surface area contributed by atoms with Crippen LogP contribution in [0.25, 0.3) is 88.8 Å². The number of rotatable bonds is 7. The van der Waals surface area contributed by atoms with Crippen LogP contribution in [0.2, 0.25) is 0 Å². The molecule has 3 heterocycles. The fraction of sp³-hybridized carbons (Fsp3) is 0.257. The summed E-state index contributed by atoms with van der Waals surface area (Å²) < 4.78 is 11.8. The minimum atomic E-state index is -0.190. The lowest BCUT2D eigenvalue weighted by Crippen LogP contribution is -2.35. The molecule has 1 aliphatic rings. The Morgan fingerprint density at radius 2 is 1.16 bits per heavy atom. The number of imidazole rings is 1. The second kappa shape index (κ2) is 16.9. The normalized spacial score (nSPS) is 14.4. The van der Waals surface area contributed by atoms with E-state index in [-0.39, 0.29) is 27.1 Å². The highest BCUT2D eigenvalue weighted by molar-refractivity contribution is 6.11. The Morgan fingerprint density at radius 1 is 0.440 bits per heavy atom. The van der Waals surface area contributed by atoms with Crippen molar-refractivity contribution < 1.29 is 4.74 Å². The maximum Gasteiger partial charge on any atom is 0.145 e. The molecule has 374 valence electrons. The smallest absolute Gasteiger partial charge is 0.145 e. The summed E-state index contributed by atoms with van der Waals surface area (Å²) in [6.07, 6.45) is 1.95. The maximum absolute atomic E-state index is 7.15.